The summed E-state index contributed by atoms with van der Waals surface area (Å²) in [5.74, 6) is 1.81. The first-order valence-electron chi connectivity index (χ1n) is 8.44. The average Bonchev–Trinajstić information content (AvgIpc) is 2.98. The highest BCUT2D eigenvalue weighted by Gasteiger charge is 2.11. The first kappa shape index (κ1) is 16.8. The largest absolute Gasteiger partial charge is 0.328 e. The van der Waals surface area contributed by atoms with Gasteiger partial charge in [0.25, 0.3) is 0 Å². The maximum atomic E-state index is 12.3. The number of aryl methyl sites for hydroxylation is 3. The van der Waals surface area contributed by atoms with E-state index in [9.17, 15) is 4.21 Å². The first-order valence-corrected chi connectivity index (χ1v) is 9.75. The highest BCUT2D eigenvalue weighted by atomic mass is 32.2. The monoisotopic (exact) mass is 341 g/mol. The summed E-state index contributed by atoms with van der Waals surface area (Å²) in [6, 6.07) is 9.70. The van der Waals surface area contributed by atoms with E-state index in [4.69, 9.17) is 4.98 Å². The van der Waals surface area contributed by atoms with Crippen LogP contribution in [0.2, 0.25) is 0 Å². The number of benzene rings is 1. The topological polar surface area (TPSA) is 47.8 Å². The molecule has 126 valence electrons. The number of unbranched alkanes of at least 4 members (excludes halogenated alkanes) is 1. The molecule has 0 fully saturated rings. The van der Waals surface area contributed by atoms with E-state index < -0.39 is 10.8 Å². The Bertz CT molecular complexity index is 842. The molecule has 0 aliphatic heterocycles. The Morgan fingerprint density at radius 1 is 1.12 bits per heavy atom. The van der Waals surface area contributed by atoms with Crippen molar-refractivity contribution >= 4 is 21.8 Å². The lowest BCUT2D eigenvalue weighted by atomic mass is 10.2. The van der Waals surface area contributed by atoms with Crippen LogP contribution >= 0.6 is 0 Å². The Morgan fingerprint density at radius 3 is 2.67 bits per heavy atom. The molecule has 4 nitrogen and oxygen atoms in total. The fourth-order valence-corrected chi connectivity index (χ4v) is 4.17. The third kappa shape index (κ3) is 3.56. The number of aromatic nitrogens is 3. The second kappa shape index (κ2) is 7.71. The zero-order valence-corrected chi connectivity index (χ0v) is 15.1. The lowest BCUT2D eigenvalue weighted by Crippen LogP contribution is -2.06. The van der Waals surface area contributed by atoms with E-state index in [-0.39, 0.29) is 0 Å². The van der Waals surface area contributed by atoms with Crippen molar-refractivity contribution in [2.75, 3.05) is 5.75 Å². The van der Waals surface area contributed by atoms with Crippen molar-refractivity contribution in [3.63, 3.8) is 0 Å². The van der Waals surface area contributed by atoms with Crippen LogP contribution in [0.4, 0.5) is 0 Å². The van der Waals surface area contributed by atoms with E-state index in [0.29, 0.717) is 5.75 Å². The molecular formula is C19H23N3OS. The first-order chi connectivity index (χ1) is 11.7. The van der Waals surface area contributed by atoms with Crippen molar-refractivity contribution in [2.45, 2.75) is 44.6 Å². The predicted octanol–water partition coefficient (Wildman–Crippen LogP) is 3.89. The number of pyridine rings is 1. The summed E-state index contributed by atoms with van der Waals surface area (Å²) >= 11 is 0. The van der Waals surface area contributed by atoms with E-state index in [2.05, 4.69) is 23.4 Å². The van der Waals surface area contributed by atoms with Crippen molar-refractivity contribution in [2.24, 2.45) is 0 Å². The van der Waals surface area contributed by atoms with Gasteiger partial charge in [-0.15, -0.1) is 0 Å². The Hall–Kier alpha value is -2.01. The van der Waals surface area contributed by atoms with Crippen molar-refractivity contribution in [3.05, 3.63) is 54.1 Å². The third-order valence-electron chi connectivity index (χ3n) is 4.20. The second-order valence-electron chi connectivity index (χ2n) is 5.93. The molecule has 3 rings (SSSR count). The zero-order chi connectivity index (χ0) is 16.9. The summed E-state index contributed by atoms with van der Waals surface area (Å²) in [4.78, 5) is 9.85. The quantitative estimate of drug-likeness (QED) is 0.613. The van der Waals surface area contributed by atoms with E-state index in [1.807, 2.05) is 42.7 Å². The van der Waals surface area contributed by atoms with Crippen LogP contribution in [0.5, 0.6) is 0 Å². The smallest absolute Gasteiger partial charge is 0.109 e. The van der Waals surface area contributed by atoms with Crippen LogP contribution in [0.3, 0.4) is 0 Å². The number of nitrogens with zero attached hydrogens (tertiary/aromatic N) is 3. The molecule has 1 aromatic carbocycles. The Morgan fingerprint density at radius 2 is 1.92 bits per heavy atom. The number of imidazole rings is 1. The lowest BCUT2D eigenvalue weighted by molar-refractivity contribution is 0.616. The Balaban J connectivity index is 1.65. The maximum absolute atomic E-state index is 12.3. The lowest BCUT2D eigenvalue weighted by Gasteiger charge is -2.09. The SMILES string of the molecule is CCc1nc2cncc(C)c2n1CCCCS(=O)c1ccccc1. The third-order valence-corrected chi connectivity index (χ3v) is 5.65. The Kier molecular flexibility index (Phi) is 5.41. The molecule has 0 saturated heterocycles. The van der Waals surface area contributed by atoms with Gasteiger partial charge in [-0.2, -0.15) is 0 Å². The number of rotatable bonds is 7. The number of fused-ring (bicyclic) bond motifs is 1. The van der Waals surface area contributed by atoms with Gasteiger partial charge in [0.2, 0.25) is 0 Å². The minimum absolute atomic E-state index is 0.707. The molecule has 0 saturated carbocycles. The zero-order valence-electron chi connectivity index (χ0n) is 14.2. The molecule has 0 radical (unpaired) electrons. The molecule has 24 heavy (non-hydrogen) atoms. The van der Waals surface area contributed by atoms with Crippen molar-refractivity contribution in [1.82, 2.24) is 14.5 Å². The minimum Gasteiger partial charge on any atom is -0.328 e. The van der Waals surface area contributed by atoms with Gasteiger partial charge in [-0.05, 0) is 37.5 Å². The normalized spacial score (nSPS) is 12.6. The Labute approximate surface area is 145 Å². The molecular weight excluding hydrogens is 318 g/mol. The van der Waals surface area contributed by atoms with Crippen molar-refractivity contribution in [1.29, 1.82) is 0 Å². The molecule has 0 amide bonds. The summed E-state index contributed by atoms with van der Waals surface area (Å²) in [5.41, 5.74) is 3.32. The summed E-state index contributed by atoms with van der Waals surface area (Å²) in [6.07, 6.45) is 6.57. The van der Waals surface area contributed by atoms with E-state index in [1.54, 1.807) is 0 Å². The molecule has 0 N–H and O–H groups in total. The van der Waals surface area contributed by atoms with Crippen LogP contribution in [0, 0.1) is 6.92 Å². The minimum atomic E-state index is -0.905. The summed E-state index contributed by atoms with van der Waals surface area (Å²) in [6.45, 7) is 5.12. The van der Waals surface area contributed by atoms with Gasteiger partial charge in [0.05, 0.1) is 22.5 Å². The number of hydrogen-bond donors (Lipinski definition) is 0. The maximum Gasteiger partial charge on any atom is 0.109 e. The molecule has 1 unspecified atom stereocenters. The second-order valence-corrected chi connectivity index (χ2v) is 7.50. The van der Waals surface area contributed by atoms with Crippen molar-refractivity contribution < 1.29 is 4.21 Å². The van der Waals surface area contributed by atoms with Gasteiger partial charge in [-0.3, -0.25) is 9.19 Å². The highest BCUT2D eigenvalue weighted by molar-refractivity contribution is 7.85. The van der Waals surface area contributed by atoms with Crippen LogP contribution in [0.25, 0.3) is 11.0 Å². The highest BCUT2D eigenvalue weighted by Crippen LogP contribution is 2.20. The van der Waals surface area contributed by atoms with Crippen LogP contribution in [-0.2, 0) is 23.8 Å². The summed E-state index contributed by atoms with van der Waals surface area (Å²) in [7, 11) is -0.905. The average molecular weight is 341 g/mol. The van der Waals surface area contributed by atoms with Gasteiger partial charge in [0.15, 0.2) is 0 Å². The molecule has 0 spiro atoms. The van der Waals surface area contributed by atoms with Gasteiger partial charge in [0.1, 0.15) is 11.3 Å². The molecule has 0 bridgehead atoms. The standard InChI is InChI=1S/C19H23N3OS/c1-3-18-21-17-14-20-13-15(2)19(17)22(18)11-7-8-12-24(23)16-9-5-4-6-10-16/h4-6,9-10,13-14H,3,7-8,11-12H2,1-2H3. The van der Waals surface area contributed by atoms with Gasteiger partial charge in [-0.25, -0.2) is 4.98 Å². The van der Waals surface area contributed by atoms with Crippen LogP contribution in [0.1, 0.15) is 31.2 Å². The molecule has 3 aromatic rings. The van der Waals surface area contributed by atoms with Gasteiger partial charge in [-0.1, -0.05) is 25.1 Å². The molecule has 2 heterocycles. The number of hydrogen-bond acceptors (Lipinski definition) is 3. The van der Waals surface area contributed by atoms with Crippen LogP contribution in [0.15, 0.2) is 47.6 Å². The van der Waals surface area contributed by atoms with Crippen molar-refractivity contribution in [3.8, 4) is 0 Å². The van der Waals surface area contributed by atoms with E-state index >= 15 is 0 Å². The summed E-state index contributed by atoms with van der Waals surface area (Å²) in [5, 5.41) is 0. The molecule has 5 heteroatoms. The van der Waals surface area contributed by atoms with E-state index in [1.165, 1.54) is 5.52 Å². The fourth-order valence-electron chi connectivity index (χ4n) is 3.01. The van der Waals surface area contributed by atoms with Crippen LogP contribution < -0.4 is 0 Å². The fraction of sp³-hybridized carbons (Fsp3) is 0.368. The van der Waals surface area contributed by atoms with Gasteiger partial charge >= 0.3 is 0 Å². The van der Waals surface area contributed by atoms with Gasteiger partial charge < -0.3 is 4.57 Å². The molecule has 2 aromatic heterocycles. The van der Waals surface area contributed by atoms with Crippen LogP contribution in [-0.4, -0.2) is 24.5 Å². The molecule has 0 aliphatic rings. The molecule has 1 atom stereocenters. The molecule has 0 aliphatic carbocycles. The predicted molar refractivity (Wildman–Crippen MR) is 98.6 cm³/mol. The van der Waals surface area contributed by atoms with Gasteiger partial charge in [0, 0.05) is 29.8 Å². The van der Waals surface area contributed by atoms with E-state index in [0.717, 1.165) is 47.6 Å². The summed E-state index contributed by atoms with van der Waals surface area (Å²) < 4.78 is 14.6.